The van der Waals surface area contributed by atoms with Gasteiger partial charge in [0.25, 0.3) is 0 Å². The van der Waals surface area contributed by atoms with Gasteiger partial charge in [-0.2, -0.15) is 0 Å². The number of unbranched alkanes of at least 4 members (excludes halogenated alkanes) is 15. The first-order chi connectivity index (χ1) is 27.0. The standard InChI is InChI=1S/C40H60N2.2C6H13.Ni/c1-6-11-16-18-22-34-25-32(20-13-8-3)27-37(28-34)39-31-36(24-15-10-5)40(42(39)41)38-29-33(21-14-9-4)26-35(30-38)23-19-17-12-7-2;2*1-3-5-6-4-2;/h25-31H,6-24H2,1-5H3;2*1,3-6H2,2H3;. The van der Waals surface area contributed by atoms with Gasteiger partial charge in [0.15, 0.2) is 0 Å². The quantitative estimate of drug-likeness (QED) is 0.0413. The van der Waals surface area contributed by atoms with E-state index < -0.39 is 0 Å². The fourth-order valence-electron chi connectivity index (χ4n) is 7.53. The second-order valence-corrected chi connectivity index (χ2v) is 17.8. The molecule has 0 atom stereocenters. The monoisotopic (exact) mass is 797 g/mol. The molecule has 0 bridgehead atoms. The van der Waals surface area contributed by atoms with Gasteiger partial charge in [0.1, 0.15) is 0 Å². The van der Waals surface area contributed by atoms with Gasteiger partial charge in [-0.15, -0.1) is 0 Å². The van der Waals surface area contributed by atoms with Crippen molar-refractivity contribution in [3.63, 3.8) is 0 Å². The molecule has 0 amide bonds. The molecular weight excluding hydrogens is 711 g/mol. The molecule has 1 heterocycles. The summed E-state index contributed by atoms with van der Waals surface area (Å²) in [5, 5.41) is 2.83. The summed E-state index contributed by atoms with van der Waals surface area (Å²) in [4.78, 5) is 0. The summed E-state index contributed by atoms with van der Waals surface area (Å²) >= 11 is 1.99. The predicted molar refractivity (Wildman–Crippen MR) is 242 cm³/mol. The Morgan fingerprint density at radius 2 is 0.764 bits per heavy atom. The zero-order valence-electron chi connectivity index (χ0n) is 37.3. The average Bonchev–Trinajstić information content (AvgIpc) is 3.53. The SMILES string of the molecule is CCCCCCc1cc(CCCC)cc(C2=CC(CCCC)=C(c3cc(CCCC)cc(CCCCCC)c3)[N+]2=[N-])c1.CCCCC[CH2][Ni][CH2]CCCCC. The van der Waals surface area contributed by atoms with Gasteiger partial charge in [0, 0.05) is 22.8 Å². The van der Waals surface area contributed by atoms with Gasteiger partial charge >= 0.3 is 90.4 Å². The van der Waals surface area contributed by atoms with Crippen LogP contribution in [0.3, 0.4) is 0 Å². The maximum absolute atomic E-state index is 11.9. The van der Waals surface area contributed by atoms with Crippen LogP contribution in [0.2, 0.25) is 10.8 Å². The molecule has 0 saturated heterocycles. The normalized spacial score (nSPS) is 12.8. The van der Waals surface area contributed by atoms with Crippen LogP contribution in [0.25, 0.3) is 16.9 Å². The van der Waals surface area contributed by atoms with E-state index in [9.17, 15) is 5.53 Å². The third-order valence-electron chi connectivity index (χ3n) is 11.0. The summed E-state index contributed by atoms with van der Waals surface area (Å²) < 4.78 is 1.55. The number of allylic oxidation sites excluding steroid dienone is 2. The first kappa shape index (κ1) is 49.2. The van der Waals surface area contributed by atoms with E-state index in [1.165, 1.54) is 178 Å². The first-order valence-electron chi connectivity index (χ1n) is 23.6. The molecule has 1 aliphatic heterocycles. The van der Waals surface area contributed by atoms with Crippen LogP contribution >= 0.6 is 0 Å². The Morgan fingerprint density at radius 1 is 0.400 bits per heavy atom. The number of nitrogens with zero attached hydrogens (tertiary/aromatic N) is 2. The van der Waals surface area contributed by atoms with E-state index >= 15 is 0 Å². The van der Waals surface area contributed by atoms with Gasteiger partial charge in [0.05, 0.1) is 0 Å². The third kappa shape index (κ3) is 20.3. The molecule has 0 radical (unpaired) electrons. The van der Waals surface area contributed by atoms with Gasteiger partial charge in [-0.05, 0) is 111 Å². The molecule has 55 heavy (non-hydrogen) atoms. The molecular formula is C52H86N2Ni. The molecule has 0 fully saturated rings. The van der Waals surface area contributed by atoms with Crippen molar-refractivity contribution in [2.75, 3.05) is 0 Å². The minimum absolute atomic E-state index is 0.952. The molecule has 1 aliphatic rings. The van der Waals surface area contributed by atoms with Gasteiger partial charge in [-0.3, -0.25) is 0 Å². The van der Waals surface area contributed by atoms with Crippen LogP contribution in [0.1, 0.15) is 230 Å². The van der Waals surface area contributed by atoms with Crippen molar-refractivity contribution in [1.82, 2.24) is 0 Å². The van der Waals surface area contributed by atoms with Gasteiger partial charge in [0.2, 0.25) is 11.4 Å². The van der Waals surface area contributed by atoms with Crippen LogP contribution in [0.4, 0.5) is 0 Å². The number of hydrogen-bond donors (Lipinski definition) is 0. The zero-order chi connectivity index (χ0) is 39.9. The van der Waals surface area contributed by atoms with Gasteiger partial charge in [-0.25, -0.2) is 4.70 Å². The Kier molecular flexibility index (Phi) is 28.6. The molecule has 0 unspecified atom stereocenters. The molecule has 0 aromatic heterocycles. The number of aryl methyl sites for hydroxylation is 4. The zero-order valence-corrected chi connectivity index (χ0v) is 38.2. The summed E-state index contributed by atoms with van der Waals surface area (Å²) in [6, 6.07) is 14.3. The molecule has 2 aromatic rings. The van der Waals surface area contributed by atoms with Gasteiger partial charge in [-0.1, -0.05) is 105 Å². The molecule has 2 nitrogen and oxygen atoms in total. The topological polar surface area (TPSA) is 25.3 Å². The molecule has 3 rings (SSSR count). The van der Waals surface area contributed by atoms with Crippen LogP contribution in [0.5, 0.6) is 0 Å². The molecule has 0 spiro atoms. The Morgan fingerprint density at radius 3 is 1.18 bits per heavy atom. The Bertz CT molecular complexity index is 1360. The second kappa shape index (κ2) is 32.0. The summed E-state index contributed by atoms with van der Waals surface area (Å²) in [6.45, 7) is 15.9. The van der Waals surface area contributed by atoms with Crippen molar-refractivity contribution in [2.24, 2.45) is 0 Å². The number of rotatable bonds is 31. The Balaban J connectivity index is 0.000000685. The van der Waals surface area contributed by atoms with Crippen LogP contribution in [0.15, 0.2) is 48.0 Å². The van der Waals surface area contributed by atoms with E-state index in [0.717, 1.165) is 56.3 Å². The van der Waals surface area contributed by atoms with E-state index in [1.54, 1.807) is 4.70 Å². The predicted octanol–water partition coefficient (Wildman–Crippen LogP) is 17.7. The van der Waals surface area contributed by atoms with E-state index in [1.807, 2.05) is 14.4 Å². The minimum atomic E-state index is 0.952. The second-order valence-electron chi connectivity index (χ2n) is 16.3. The number of hydrogen-bond acceptors (Lipinski definition) is 0. The van der Waals surface area contributed by atoms with Crippen LogP contribution < -0.4 is 0 Å². The molecule has 314 valence electrons. The summed E-state index contributed by atoms with van der Waals surface area (Å²) in [5.74, 6) is 0. The summed E-state index contributed by atoms with van der Waals surface area (Å²) in [7, 11) is 0. The van der Waals surface area contributed by atoms with Gasteiger partial charge < -0.3 is 5.53 Å². The molecule has 0 aliphatic carbocycles. The van der Waals surface area contributed by atoms with Crippen molar-refractivity contribution in [2.45, 2.75) is 233 Å². The van der Waals surface area contributed by atoms with Crippen molar-refractivity contribution >= 4 is 11.4 Å². The summed E-state index contributed by atoms with van der Waals surface area (Å²) in [5.41, 5.74) is 23.2. The van der Waals surface area contributed by atoms with Crippen molar-refractivity contribution in [3.05, 3.63) is 87.0 Å². The van der Waals surface area contributed by atoms with E-state index in [2.05, 4.69) is 90.9 Å². The van der Waals surface area contributed by atoms with Crippen LogP contribution in [0, 0.1) is 0 Å². The summed E-state index contributed by atoms with van der Waals surface area (Å²) in [6.07, 6.45) is 36.4. The number of benzene rings is 2. The molecule has 0 N–H and O–H groups in total. The van der Waals surface area contributed by atoms with Crippen molar-refractivity contribution in [1.29, 1.82) is 0 Å². The molecule has 3 heteroatoms. The third-order valence-corrected chi connectivity index (χ3v) is 12.4. The first-order valence-corrected chi connectivity index (χ1v) is 25.0. The van der Waals surface area contributed by atoms with E-state index in [4.69, 9.17) is 0 Å². The van der Waals surface area contributed by atoms with Crippen LogP contribution in [-0.4, -0.2) is 4.70 Å². The molecule has 0 saturated carbocycles. The van der Waals surface area contributed by atoms with Crippen LogP contribution in [-0.2, 0) is 40.1 Å². The van der Waals surface area contributed by atoms with E-state index in [-0.39, 0.29) is 0 Å². The Hall–Kier alpha value is -1.99. The average molecular weight is 798 g/mol. The van der Waals surface area contributed by atoms with Crippen molar-refractivity contribution in [3.8, 4) is 0 Å². The maximum atomic E-state index is 11.9. The Labute approximate surface area is 348 Å². The van der Waals surface area contributed by atoms with Crippen molar-refractivity contribution < 1.29 is 19.1 Å². The fraction of sp³-hybridized carbons (Fsp3) is 0.692. The fourth-order valence-corrected chi connectivity index (χ4v) is 8.77. The molecule has 2 aromatic carbocycles. The van der Waals surface area contributed by atoms with E-state index in [0.29, 0.717) is 0 Å².